The van der Waals surface area contributed by atoms with Gasteiger partial charge in [0.05, 0.1) is 0 Å². The van der Waals surface area contributed by atoms with Gasteiger partial charge in [0.2, 0.25) is 5.78 Å². The summed E-state index contributed by atoms with van der Waals surface area (Å²) in [7, 11) is 0. The lowest BCUT2D eigenvalue weighted by molar-refractivity contribution is 0.0758. The zero-order chi connectivity index (χ0) is 11.5. The van der Waals surface area contributed by atoms with Gasteiger partial charge < -0.3 is 9.15 Å². The van der Waals surface area contributed by atoms with E-state index < -0.39 is 0 Å². The van der Waals surface area contributed by atoms with Gasteiger partial charge in [-0.25, -0.2) is 0 Å². The molecule has 3 heteroatoms. The number of carbonyl (C=O) groups excluding carboxylic acids is 1. The van der Waals surface area contributed by atoms with E-state index >= 15 is 0 Å². The summed E-state index contributed by atoms with van der Waals surface area (Å²) in [6.07, 6.45) is 0. The molecule has 0 unspecified atom stereocenters. The molecule has 0 atom stereocenters. The highest BCUT2D eigenvalue weighted by molar-refractivity contribution is 5.98. The van der Waals surface area contributed by atoms with Crippen molar-refractivity contribution in [1.29, 1.82) is 0 Å². The summed E-state index contributed by atoms with van der Waals surface area (Å²) in [4.78, 5) is 11.7. The zero-order valence-electron chi connectivity index (χ0n) is 9.45. The first-order valence-corrected chi connectivity index (χ1v) is 5.32. The number of fused-ring (bicyclic) bond motifs is 1. The summed E-state index contributed by atoms with van der Waals surface area (Å²) >= 11 is 0. The van der Waals surface area contributed by atoms with Crippen LogP contribution in [0.5, 0.6) is 0 Å². The van der Waals surface area contributed by atoms with E-state index in [2.05, 4.69) is 0 Å². The lowest BCUT2D eigenvalue weighted by Gasteiger charge is -1.96. The zero-order valence-corrected chi connectivity index (χ0v) is 9.45. The lowest BCUT2D eigenvalue weighted by atomic mass is 10.2. The second-order valence-corrected chi connectivity index (χ2v) is 3.66. The van der Waals surface area contributed by atoms with Crippen LogP contribution in [-0.4, -0.2) is 19.0 Å². The van der Waals surface area contributed by atoms with E-state index in [1.807, 2.05) is 32.0 Å². The lowest BCUT2D eigenvalue weighted by Crippen LogP contribution is -2.07. The summed E-state index contributed by atoms with van der Waals surface area (Å²) in [5.41, 5.74) is 1.82. The SMILES string of the molecule is CCOCC(=O)c1cc2cccc(C)c2o1. The van der Waals surface area contributed by atoms with Crippen LogP contribution >= 0.6 is 0 Å². The van der Waals surface area contributed by atoms with Crippen molar-refractivity contribution in [2.24, 2.45) is 0 Å². The van der Waals surface area contributed by atoms with Crippen molar-refractivity contribution in [2.75, 3.05) is 13.2 Å². The number of ether oxygens (including phenoxy) is 1. The Morgan fingerprint density at radius 3 is 2.94 bits per heavy atom. The van der Waals surface area contributed by atoms with Crippen molar-refractivity contribution >= 4 is 16.8 Å². The molecule has 0 N–H and O–H groups in total. The molecule has 1 heterocycles. The van der Waals surface area contributed by atoms with Gasteiger partial charge in [0.25, 0.3) is 0 Å². The second kappa shape index (κ2) is 4.49. The van der Waals surface area contributed by atoms with E-state index in [-0.39, 0.29) is 12.4 Å². The number of aryl methyl sites for hydroxylation is 1. The first kappa shape index (κ1) is 10.9. The van der Waals surface area contributed by atoms with Crippen LogP contribution in [0, 0.1) is 6.92 Å². The second-order valence-electron chi connectivity index (χ2n) is 3.66. The van der Waals surface area contributed by atoms with E-state index in [1.165, 1.54) is 0 Å². The number of carbonyl (C=O) groups is 1. The molecule has 0 bridgehead atoms. The Labute approximate surface area is 94.0 Å². The van der Waals surface area contributed by atoms with Crippen molar-refractivity contribution in [3.8, 4) is 0 Å². The van der Waals surface area contributed by atoms with Crippen LogP contribution in [0.2, 0.25) is 0 Å². The highest BCUT2D eigenvalue weighted by Gasteiger charge is 2.12. The smallest absolute Gasteiger partial charge is 0.223 e. The van der Waals surface area contributed by atoms with Gasteiger partial charge in [-0.05, 0) is 25.5 Å². The Morgan fingerprint density at radius 2 is 2.25 bits per heavy atom. The monoisotopic (exact) mass is 218 g/mol. The fourth-order valence-corrected chi connectivity index (χ4v) is 1.61. The number of Topliss-reactive ketones (excluding diaryl/α,β-unsaturated/α-hetero) is 1. The third kappa shape index (κ3) is 1.99. The first-order valence-electron chi connectivity index (χ1n) is 5.32. The maximum absolute atomic E-state index is 11.7. The van der Waals surface area contributed by atoms with Crippen molar-refractivity contribution < 1.29 is 13.9 Å². The van der Waals surface area contributed by atoms with Gasteiger partial charge >= 0.3 is 0 Å². The topological polar surface area (TPSA) is 39.4 Å². The summed E-state index contributed by atoms with van der Waals surface area (Å²) in [5.74, 6) is 0.259. The molecule has 0 radical (unpaired) electrons. The van der Waals surface area contributed by atoms with Crippen molar-refractivity contribution in [2.45, 2.75) is 13.8 Å². The molecule has 0 amide bonds. The Bertz CT molecular complexity index is 511. The van der Waals surface area contributed by atoms with Gasteiger partial charge in [0.15, 0.2) is 5.76 Å². The van der Waals surface area contributed by atoms with Crippen molar-refractivity contribution in [3.63, 3.8) is 0 Å². The minimum absolute atomic E-state index is 0.0787. The van der Waals surface area contributed by atoms with Crippen LogP contribution in [0.3, 0.4) is 0 Å². The fraction of sp³-hybridized carbons (Fsp3) is 0.308. The van der Waals surface area contributed by atoms with Crippen LogP contribution in [0.25, 0.3) is 11.0 Å². The molecule has 0 aliphatic carbocycles. The number of hydrogen-bond acceptors (Lipinski definition) is 3. The van der Waals surface area contributed by atoms with Crippen LogP contribution in [-0.2, 0) is 4.74 Å². The highest BCUT2D eigenvalue weighted by atomic mass is 16.5. The van der Waals surface area contributed by atoms with Gasteiger partial charge in [0, 0.05) is 12.0 Å². The van der Waals surface area contributed by atoms with Crippen LogP contribution in [0.4, 0.5) is 0 Å². The largest absolute Gasteiger partial charge is 0.453 e. The van der Waals surface area contributed by atoms with E-state index in [4.69, 9.17) is 9.15 Å². The molecular weight excluding hydrogens is 204 g/mol. The molecule has 3 nitrogen and oxygen atoms in total. The van der Waals surface area contributed by atoms with Crippen molar-refractivity contribution in [3.05, 3.63) is 35.6 Å². The molecule has 2 aromatic rings. The Kier molecular flexibility index (Phi) is 3.06. The standard InChI is InChI=1S/C13H14O3/c1-3-15-8-11(14)12-7-10-6-4-5-9(2)13(10)16-12/h4-7H,3,8H2,1-2H3. The molecule has 0 aliphatic rings. The molecule has 0 spiro atoms. The summed E-state index contributed by atoms with van der Waals surface area (Å²) in [5, 5.41) is 0.958. The van der Waals surface area contributed by atoms with E-state index in [1.54, 1.807) is 6.07 Å². The predicted octanol–water partition coefficient (Wildman–Crippen LogP) is 2.96. The quantitative estimate of drug-likeness (QED) is 0.740. The highest BCUT2D eigenvalue weighted by Crippen LogP contribution is 2.22. The number of furan rings is 1. The van der Waals surface area contributed by atoms with Crippen LogP contribution in [0.15, 0.2) is 28.7 Å². The molecule has 2 rings (SSSR count). The number of rotatable bonds is 4. The minimum Gasteiger partial charge on any atom is -0.453 e. The average molecular weight is 218 g/mol. The molecule has 0 aliphatic heterocycles. The third-order valence-corrected chi connectivity index (χ3v) is 2.45. The van der Waals surface area contributed by atoms with Gasteiger partial charge in [-0.15, -0.1) is 0 Å². The summed E-state index contributed by atoms with van der Waals surface area (Å²) in [6.45, 7) is 4.43. The van der Waals surface area contributed by atoms with Crippen molar-refractivity contribution in [1.82, 2.24) is 0 Å². The number of ketones is 1. The molecule has 0 saturated heterocycles. The van der Waals surface area contributed by atoms with E-state index in [0.29, 0.717) is 12.4 Å². The minimum atomic E-state index is -0.113. The Morgan fingerprint density at radius 1 is 1.44 bits per heavy atom. The Balaban J connectivity index is 2.32. The average Bonchev–Trinajstić information content (AvgIpc) is 2.71. The van der Waals surface area contributed by atoms with E-state index in [9.17, 15) is 4.79 Å². The molecule has 1 aromatic carbocycles. The van der Waals surface area contributed by atoms with Gasteiger partial charge in [-0.1, -0.05) is 18.2 Å². The molecular formula is C13H14O3. The molecule has 84 valence electrons. The maximum atomic E-state index is 11.7. The third-order valence-electron chi connectivity index (χ3n) is 2.45. The van der Waals surface area contributed by atoms with Crippen LogP contribution in [0.1, 0.15) is 23.0 Å². The number of hydrogen-bond donors (Lipinski definition) is 0. The van der Waals surface area contributed by atoms with Gasteiger partial charge in [-0.3, -0.25) is 4.79 Å². The molecule has 0 fully saturated rings. The number of benzene rings is 1. The van der Waals surface area contributed by atoms with E-state index in [0.717, 1.165) is 16.5 Å². The normalized spacial score (nSPS) is 10.9. The number of para-hydroxylation sites is 1. The van der Waals surface area contributed by atoms with Gasteiger partial charge in [0.1, 0.15) is 12.2 Å². The summed E-state index contributed by atoms with van der Waals surface area (Å²) in [6, 6.07) is 7.61. The Hall–Kier alpha value is -1.61. The first-order chi connectivity index (χ1) is 7.72. The maximum Gasteiger partial charge on any atom is 0.223 e. The predicted molar refractivity (Wildman–Crippen MR) is 61.8 cm³/mol. The molecule has 16 heavy (non-hydrogen) atoms. The van der Waals surface area contributed by atoms with Gasteiger partial charge in [-0.2, -0.15) is 0 Å². The van der Waals surface area contributed by atoms with Crippen LogP contribution < -0.4 is 0 Å². The molecule has 1 aromatic heterocycles. The summed E-state index contributed by atoms with van der Waals surface area (Å²) < 4.78 is 10.6. The fourth-order valence-electron chi connectivity index (χ4n) is 1.61. The molecule has 0 saturated carbocycles.